The second-order valence-electron chi connectivity index (χ2n) is 7.40. The third-order valence-electron chi connectivity index (χ3n) is 5.16. The van der Waals surface area contributed by atoms with Crippen molar-refractivity contribution in [2.24, 2.45) is 0 Å². The molecule has 0 aliphatic heterocycles. The van der Waals surface area contributed by atoms with Crippen molar-refractivity contribution in [1.82, 2.24) is 0 Å². The minimum Gasteiger partial charge on any atom is -0.497 e. The van der Waals surface area contributed by atoms with Gasteiger partial charge in [0.1, 0.15) is 17.2 Å². The van der Waals surface area contributed by atoms with Crippen LogP contribution < -0.4 is 13.8 Å². The lowest BCUT2D eigenvalue weighted by Crippen LogP contribution is -2.30. The molecule has 0 aliphatic rings. The molecule has 7 heteroatoms. The SMILES string of the molecule is COc1ccc(CN(c2ccc(Oc3ccccc3)cc2)S(=O)(=O)c2ccc(C#N)cc2)cc1. The molecule has 0 fully saturated rings. The number of sulfonamides is 1. The minimum absolute atomic E-state index is 0.102. The van der Waals surface area contributed by atoms with Gasteiger partial charge < -0.3 is 9.47 Å². The standard InChI is InChI=1S/C27H22N2O4S/c1-32-24-13-7-22(8-14-24)20-29(34(30,31)27-17-9-21(19-28)10-18-27)23-11-15-26(16-12-23)33-25-5-3-2-4-6-25/h2-18H,20H2,1H3. The van der Waals surface area contributed by atoms with E-state index in [1.165, 1.54) is 28.6 Å². The van der Waals surface area contributed by atoms with E-state index in [4.69, 9.17) is 14.7 Å². The molecule has 0 aliphatic carbocycles. The van der Waals surface area contributed by atoms with Crippen molar-refractivity contribution in [1.29, 1.82) is 5.26 Å². The highest BCUT2D eigenvalue weighted by molar-refractivity contribution is 7.92. The first-order chi connectivity index (χ1) is 16.5. The first-order valence-electron chi connectivity index (χ1n) is 10.5. The van der Waals surface area contributed by atoms with E-state index >= 15 is 0 Å². The normalized spacial score (nSPS) is 10.8. The lowest BCUT2D eigenvalue weighted by atomic mass is 10.2. The molecule has 0 saturated heterocycles. The second kappa shape index (κ2) is 10.1. The smallest absolute Gasteiger partial charge is 0.264 e. The molecule has 0 radical (unpaired) electrons. The molecule has 0 atom stereocenters. The van der Waals surface area contributed by atoms with Crippen LogP contribution >= 0.6 is 0 Å². The van der Waals surface area contributed by atoms with E-state index in [2.05, 4.69) is 0 Å². The zero-order valence-electron chi connectivity index (χ0n) is 18.5. The highest BCUT2D eigenvalue weighted by atomic mass is 32.2. The Kier molecular flexibility index (Phi) is 6.81. The number of methoxy groups -OCH3 is 1. The molecular weight excluding hydrogens is 448 g/mol. The zero-order valence-corrected chi connectivity index (χ0v) is 19.3. The number of para-hydroxylation sites is 1. The van der Waals surface area contributed by atoms with Crippen molar-refractivity contribution < 1.29 is 17.9 Å². The van der Waals surface area contributed by atoms with Crippen LogP contribution in [-0.2, 0) is 16.6 Å². The van der Waals surface area contributed by atoms with Crippen LogP contribution in [0.2, 0.25) is 0 Å². The Bertz CT molecular complexity index is 1380. The summed E-state index contributed by atoms with van der Waals surface area (Å²) in [6.07, 6.45) is 0. The number of nitrogens with zero attached hydrogens (tertiary/aromatic N) is 2. The van der Waals surface area contributed by atoms with Gasteiger partial charge in [0.15, 0.2) is 0 Å². The van der Waals surface area contributed by atoms with E-state index in [1.807, 2.05) is 48.5 Å². The van der Waals surface area contributed by atoms with Gasteiger partial charge in [-0.15, -0.1) is 0 Å². The molecule has 6 nitrogen and oxygen atoms in total. The Labute approximate surface area is 199 Å². The maximum Gasteiger partial charge on any atom is 0.264 e. The topological polar surface area (TPSA) is 79.6 Å². The number of hydrogen-bond acceptors (Lipinski definition) is 5. The minimum atomic E-state index is -3.91. The molecule has 4 rings (SSSR count). The van der Waals surface area contributed by atoms with E-state index in [1.54, 1.807) is 43.5 Å². The van der Waals surface area contributed by atoms with E-state index < -0.39 is 10.0 Å². The second-order valence-corrected chi connectivity index (χ2v) is 9.27. The maximum atomic E-state index is 13.6. The predicted molar refractivity (Wildman–Crippen MR) is 130 cm³/mol. The fourth-order valence-electron chi connectivity index (χ4n) is 3.35. The Morgan fingerprint density at radius 3 is 1.94 bits per heavy atom. The van der Waals surface area contributed by atoms with Crippen LogP contribution in [0.1, 0.15) is 11.1 Å². The van der Waals surface area contributed by atoms with E-state index in [0.717, 1.165) is 5.56 Å². The highest BCUT2D eigenvalue weighted by Gasteiger charge is 2.25. The van der Waals surface area contributed by atoms with Crippen molar-refractivity contribution in [2.45, 2.75) is 11.4 Å². The number of nitriles is 1. The van der Waals surface area contributed by atoms with Crippen LogP contribution in [-0.4, -0.2) is 15.5 Å². The third-order valence-corrected chi connectivity index (χ3v) is 6.95. The first kappa shape index (κ1) is 22.9. The Hall–Kier alpha value is -4.28. The largest absolute Gasteiger partial charge is 0.497 e. The van der Waals surface area contributed by atoms with Gasteiger partial charge in [0.05, 0.1) is 35.9 Å². The van der Waals surface area contributed by atoms with E-state index in [9.17, 15) is 8.42 Å². The lowest BCUT2D eigenvalue weighted by Gasteiger charge is -2.25. The molecule has 4 aromatic carbocycles. The van der Waals surface area contributed by atoms with Crippen molar-refractivity contribution >= 4 is 15.7 Å². The van der Waals surface area contributed by atoms with E-state index in [0.29, 0.717) is 28.5 Å². The summed E-state index contributed by atoms with van der Waals surface area (Å²) in [4.78, 5) is 0.102. The summed E-state index contributed by atoms with van der Waals surface area (Å²) < 4.78 is 39.6. The van der Waals surface area contributed by atoms with Gasteiger partial charge in [-0.2, -0.15) is 5.26 Å². The molecule has 0 N–H and O–H groups in total. The van der Waals surface area contributed by atoms with Crippen LogP contribution in [0.5, 0.6) is 17.2 Å². The summed E-state index contributed by atoms with van der Waals surface area (Å²) in [7, 11) is -2.33. The van der Waals surface area contributed by atoms with Gasteiger partial charge in [0.2, 0.25) is 0 Å². The summed E-state index contributed by atoms with van der Waals surface area (Å²) in [5.41, 5.74) is 1.67. The van der Waals surface area contributed by atoms with Crippen molar-refractivity contribution in [3.05, 3.63) is 114 Å². The maximum absolute atomic E-state index is 13.6. The van der Waals surface area contributed by atoms with Crippen LogP contribution in [0.3, 0.4) is 0 Å². The molecule has 0 bridgehead atoms. The average molecular weight is 471 g/mol. The van der Waals surface area contributed by atoms with Crippen molar-refractivity contribution in [3.8, 4) is 23.3 Å². The Morgan fingerprint density at radius 2 is 1.35 bits per heavy atom. The summed E-state index contributed by atoms with van der Waals surface area (Å²) in [5.74, 6) is 1.97. The fraction of sp³-hybridized carbons (Fsp3) is 0.0741. The van der Waals surface area contributed by atoms with Crippen molar-refractivity contribution in [3.63, 3.8) is 0 Å². The molecule has 0 amide bonds. The number of rotatable bonds is 8. The third kappa shape index (κ3) is 5.20. The average Bonchev–Trinajstić information content (AvgIpc) is 2.89. The van der Waals surface area contributed by atoms with Gasteiger partial charge in [0.25, 0.3) is 10.0 Å². The number of anilines is 1. The highest BCUT2D eigenvalue weighted by Crippen LogP contribution is 2.30. The van der Waals surface area contributed by atoms with Gasteiger partial charge in [-0.1, -0.05) is 30.3 Å². The van der Waals surface area contributed by atoms with E-state index in [-0.39, 0.29) is 11.4 Å². The molecule has 0 saturated carbocycles. The summed E-state index contributed by atoms with van der Waals surface area (Å²) in [6.45, 7) is 0.116. The van der Waals surface area contributed by atoms with Crippen LogP contribution in [0.15, 0.2) is 108 Å². The molecule has 170 valence electrons. The van der Waals surface area contributed by atoms with Crippen LogP contribution in [0, 0.1) is 11.3 Å². The molecule has 0 aromatic heterocycles. The monoisotopic (exact) mass is 470 g/mol. The number of ether oxygens (including phenoxy) is 2. The predicted octanol–water partition coefficient (Wildman–Crippen LogP) is 5.75. The first-order valence-corrected chi connectivity index (χ1v) is 11.9. The van der Waals surface area contributed by atoms with Gasteiger partial charge >= 0.3 is 0 Å². The number of benzene rings is 4. The summed E-state index contributed by atoms with van der Waals surface area (Å²) in [6, 6.07) is 31.4. The van der Waals surface area contributed by atoms with Crippen molar-refractivity contribution in [2.75, 3.05) is 11.4 Å². The summed E-state index contributed by atoms with van der Waals surface area (Å²) in [5, 5.41) is 9.06. The molecule has 0 heterocycles. The molecular formula is C27H22N2O4S. The van der Waals surface area contributed by atoms with Crippen LogP contribution in [0.4, 0.5) is 5.69 Å². The van der Waals surface area contributed by atoms with Gasteiger partial charge in [-0.25, -0.2) is 8.42 Å². The fourth-order valence-corrected chi connectivity index (χ4v) is 4.80. The molecule has 34 heavy (non-hydrogen) atoms. The Balaban J connectivity index is 1.68. The molecule has 0 unspecified atom stereocenters. The Morgan fingerprint density at radius 1 is 0.765 bits per heavy atom. The van der Waals surface area contributed by atoms with Gasteiger partial charge in [0, 0.05) is 0 Å². The summed E-state index contributed by atoms with van der Waals surface area (Å²) >= 11 is 0. The van der Waals surface area contributed by atoms with Gasteiger partial charge in [-0.05, 0) is 78.4 Å². The molecule has 0 spiro atoms. The van der Waals surface area contributed by atoms with Gasteiger partial charge in [-0.3, -0.25) is 4.31 Å². The quantitative estimate of drug-likeness (QED) is 0.327. The number of hydrogen-bond donors (Lipinski definition) is 0. The van der Waals surface area contributed by atoms with Crippen LogP contribution in [0.25, 0.3) is 0 Å². The lowest BCUT2D eigenvalue weighted by molar-refractivity contribution is 0.414. The zero-order chi connectivity index (χ0) is 24.0. The molecule has 4 aromatic rings.